The first-order chi connectivity index (χ1) is 10.1. The lowest BCUT2D eigenvalue weighted by atomic mass is 9.86. The Morgan fingerprint density at radius 2 is 2.05 bits per heavy atom. The summed E-state index contributed by atoms with van der Waals surface area (Å²) >= 11 is 0. The van der Waals surface area contributed by atoms with Crippen LogP contribution >= 0.6 is 0 Å². The Hall–Kier alpha value is -1.55. The zero-order valence-electron chi connectivity index (χ0n) is 13.3. The molecule has 1 amide bonds. The first-order valence-electron chi connectivity index (χ1n) is 7.79. The first kappa shape index (κ1) is 15.8. The highest BCUT2D eigenvalue weighted by Crippen LogP contribution is 2.29. The molecule has 1 aliphatic heterocycles. The Kier molecular flexibility index (Phi) is 5.62. The van der Waals surface area contributed by atoms with Crippen molar-refractivity contribution >= 4 is 5.91 Å². The number of piperidine rings is 1. The van der Waals surface area contributed by atoms with Gasteiger partial charge >= 0.3 is 0 Å². The summed E-state index contributed by atoms with van der Waals surface area (Å²) in [5.41, 5.74) is 1.30. The van der Waals surface area contributed by atoms with Crippen molar-refractivity contribution in [1.29, 1.82) is 0 Å². The van der Waals surface area contributed by atoms with Crippen LogP contribution in [0.15, 0.2) is 24.3 Å². The van der Waals surface area contributed by atoms with E-state index in [1.54, 1.807) is 4.90 Å². The second-order valence-electron chi connectivity index (χ2n) is 5.88. The molecular formula is C17H26N2O2. The number of likely N-dealkylation sites (N-methyl/N-ethyl adjacent to an activating group) is 1. The quantitative estimate of drug-likeness (QED) is 0.905. The van der Waals surface area contributed by atoms with E-state index in [4.69, 9.17) is 4.74 Å². The van der Waals surface area contributed by atoms with Gasteiger partial charge in [-0.1, -0.05) is 19.1 Å². The highest BCUT2D eigenvalue weighted by molar-refractivity contribution is 5.81. The molecule has 1 aliphatic rings. The van der Waals surface area contributed by atoms with Crippen molar-refractivity contribution in [1.82, 2.24) is 10.2 Å². The van der Waals surface area contributed by atoms with Gasteiger partial charge in [-0.2, -0.15) is 0 Å². The molecule has 1 fully saturated rings. The SMILES string of the molecule is CCCOc1ccc(C2CCNC(C(=O)N(C)C)C2)cc1. The minimum atomic E-state index is -0.0604. The van der Waals surface area contributed by atoms with Crippen molar-refractivity contribution in [3.8, 4) is 5.75 Å². The smallest absolute Gasteiger partial charge is 0.239 e. The summed E-state index contributed by atoms with van der Waals surface area (Å²) in [6.07, 6.45) is 2.96. The Bertz CT molecular complexity index is 456. The largest absolute Gasteiger partial charge is 0.494 e. The molecule has 2 unspecified atom stereocenters. The van der Waals surface area contributed by atoms with Crippen molar-refractivity contribution in [2.45, 2.75) is 38.1 Å². The van der Waals surface area contributed by atoms with E-state index in [1.165, 1.54) is 5.56 Å². The van der Waals surface area contributed by atoms with Gasteiger partial charge in [0.25, 0.3) is 0 Å². The highest BCUT2D eigenvalue weighted by Gasteiger charge is 2.28. The number of nitrogens with one attached hydrogen (secondary N) is 1. The number of carbonyl (C=O) groups is 1. The second kappa shape index (κ2) is 7.46. The normalized spacial score (nSPS) is 21.9. The maximum atomic E-state index is 12.1. The van der Waals surface area contributed by atoms with Gasteiger partial charge in [-0.25, -0.2) is 0 Å². The van der Waals surface area contributed by atoms with Crippen LogP contribution in [0, 0.1) is 0 Å². The minimum absolute atomic E-state index is 0.0604. The van der Waals surface area contributed by atoms with Crippen LogP contribution in [0.4, 0.5) is 0 Å². The van der Waals surface area contributed by atoms with Crippen LogP contribution in [0.2, 0.25) is 0 Å². The topological polar surface area (TPSA) is 41.6 Å². The number of benzene rings is 1. The van der Waals surface area contributed by atoms with Gasteiger partial charge in [-0.05, 0) is 49.4 Å². The predicted octanol–water partition coefficient (Wildman–Crippen LogP) is 2.40. The molecule has 4 heteroatoms. The second-order valence-corrected chi connectivity index (χ2v) is 5.88. The zero-order valence-corrected chi connectivity index (χ0v) is 13.3. The molecule has 21 heavy (non-hydrogen) atoms. The molecule has 1 aromatic carbocycles. The van der Waals surface area contributed by atoms with E-state index in [9.17, 15) is 4.79 Å². The molecule has 0 radical (unpaired) electrons. The average molecular weight is 290 g/mol. The lowest BCUT2D eigenvalue weighted by Crippen LogP contribution is -2.47. The van der Waals surface area contributed by atoms with Crippen molar-refractivity contribution in [3.05, 3.63) is 29.8 Å². The first-order valence-corrected chi connectivity index (χ1v) is 7.79. The lowest BCUT2D eigenvalue weighted by Gasteiger charge is -2.31. The number of rotatable bonds is 5. The maximum Gasteiger partial charge on any atom is 0.239 e. The Balaban J connectivity index is 1.99. The van der Waals surface area contributed by atoms with E-state index >= 15 is 0 Å². The average Bonchev–Trinajstić information content (AvgIpc) is 2.52. The molecule has 0 aliphatic carbocycles. The Morgan fingerprint density at radius 1 is 1.33 bits per heavy atom. The Morgan fingerprint density at radius 3 is 2.67 bits per heavy atom. The van der Waals surface area contributed by atoms with Crippen molar-refractivity contribution < 1.29 is 9.53 Å². The van der Waals surface area contributed by atoms with Gasteiger partial charge in [0, 0.05) is 14.1 Å². The fourth-order valence-electron chi connectivity index (χ4n) is 2.78. The lowest BCUT2D eigenvalue weighted by molar-refractivity contribution is -0.131. The van der Waals surface area contributed by atoms with Crippen LogP contribution < -0.4 is 10.1 Å². The fourth-order valence-corrected chi connectivity index (χ4v) is 2.78. The van der Waals surface area contributed by atoms with E-state index < -0.39 is 0 Å². The molecule has 0 spiro atoms. The molecule has 1 saturated heterocycles. The summed E-state index contributed by atoms with van der Waals surface area (Å²) in [5.74, 6) is 1.54. The zero-order chi connectivity index (χ0) is 15.2. The van der Waals surface area contributed by atoms with Gasteiger partial charge in [0.15, 0.2) is 0 Å². The molecule has 1 aromatic rings. The van der Waals surface area contributed by atoms with Crippen LogP contribution in [0.1, 0.15) is 37.7 Å². The molecule has 0 aromatic heterocycles. The van der Waals surface area contributed by atoms with Crippen molar-refractivity contribution in [3.63, 3.8) is 0 Å². The summed E-state index contributed by atoms with van der Waals surface area (Å²) < 4.78 is 5.62. The van der Waals surface area contributed by atoms with E-state index in [1.807, 2.05) is 26.2 Å². The van der Waals surface area contributed by atoms with Gasteiger partial charge in [0.2, 0.25) is 5.91 Å². The predicted molar refractivity (Wildman–Crippen MR) is 84.7 cm³/mol. The van der Waals surface area contributed by atoms with Gasteiger partial charge in [0.05, 0.1) is 12.6 Å². The third-order valence-corrected chi connectivity index (χ3v) is 3.97. The molecule has 1 N–H and O–H groups in total. The standard InChI is InChI=1S/C17H26N2O2/c1-4-11-21-15-7-5-13(6-8-15)14-9-10-18-16(12-14)17(20)19(2)3/h5-8,14,16,18H,4,9-12H2,1-3H3. The van der Waals surface area contributed by atoms with Gasteiger partial charge in [-0.3, -0.25) is 4.79 Å². The van der Waals surface area contributed by atoms with Crippen molar-refractivity contribution in [2.24, 2.45) is 0 Å². The van der Waals surface area contributed by atoms with E-state index in [0.717, 1.165) is 38.2 Å². The molecule has 4 nitrogen and oxygen atoms in total. The third-order valence-electron chi connectivity index (χ3n) is 3.97. The third kappa shape index (κ3) is 4.21. The summed E-state index contributed by atoms with van der Waals surface area (Å²) in [6.45, 7) is 3.75. The number of hydrogen-bond acceptors (Lipinski definition) is 3. The summed E-state index contributed by atoms with van der Waals surface area (Å²) in [4.78, 5) is 13.8. The van der Waals surface area contributed by atoms with Crippen LogP contribution in [-0.2, 0) is 4.79 Å². The number of amides is 1. The van der Waals surface area contributed by atoms with Gasteiger partial charge in [0.1, 0.15) is 5.75 Å². The molecule has 0 saturated carbocycles. The molecular weight excluding hydrogens is 264 g/mol. The fraction of sp³-hybridized carbons (Fsp3) is 0.588. The van der Waals surface area contributed by atoms with Crippen LogP contribution in [0.25, 0.3) is 0 Å². The summed E-state index contributed by atoms with van der Waals surface area (Å²) in [5, 5.41) is 3.32. The minimum Gasteiger partial charge on any atom is -0.494 e. The summed E-state index contributed by atoms with van der Waals surface area (Å²) in [7, 11) is 3.63. The van der Waals surface area contributed by atoms with Gasteiger partial charge in [-0.15, -0.1) is 0 Å². The highest BCUT2D eigenvalue weighted by atomic mass is 16.5. The number of nitrogens with zero attached hydrogens (tertiary/aromatic N) is 1. The number of hydrogen-bond donors (Lipinski definition) is 1. The number of ether oxygens (including phenoxy) is 1. The molecule has 116 valence electrons. The Labute approximate surface area is 127 Å². The van der Waals surface area contributed by atoms with Crippen LogP contribution in [0.3, 0.4) is 0 Å². The molecule has 2 atom stereocenters. The van der Waals surface area contributed by atoms with Crippen molar-refractivity contribution in [2.75, 3.05) is 27.2 Å². The van der Waals surface area contributed by atoms with E-state index in [-0.39, 0.29) is 11.9 Å². The number of carbonyl (C=O) groups excluding carboxylic acids is 1. The monoisotopic (exact) mass is 290 g/mol. The molecule has 2 rings (SSSR count). The maximum absolute atomic E-state index is 12.1. The van der Waals surface area contributed by atoms with Crippen LogP contribution in [-0.4, -0.2) is 44.1 Å². The molecule has 0 bridgehead atoms. The van der Waals surface area contributed by atoms with Gasteiger partial charge < -0.3 is 15.0 Å². The summed E-state index contributed by atoms with van der Waals surface area (Å²) in [6, 6.07) is 8.29. The molecule has 1 heterocycles. The van der Waals surface area contributed by atoms with Crippen LogP contribution in [0.5, 0.6) is 5.75 Å². The van der Waals surface area contributed by atoms with E-state index in [2.05, 4.69) is 24.4 Å². The van der Waals surface area contributed by atoms with E-state index in [0.29, 0.717) is 5.92 Å².